The number of amides is 1. The predicted octanol–water partition coefficient (Wildman–Crippen LogP) is 2.89. The summed E-state index contributed by atoms with van der Waals surface area (Å²) in [4.78, 5) is 11.7. The van der Waals surface area contributed by atoms with E-state index in [1.54, 1.807) is 24.3 Å². The van der Waals surface area contributed by atoms with Gasteiger partial charge in [-0.1, -0.05) is 29.8 Å². The van der Waals surface area contributed by atoms with Crippen molar-refractivity contribution in [1.29, 1.82) is 0 Å². The summed E-state index contributed by atoms with van der Waals surface area (Å²) in [6.45, 7) is 0.359. The SMILES string of the molecule is NC(=S)NC(=O)c1ccc(OCc2ccccc2Cl)cc1. The molecule has 0 fully saturated rings. The highest BCUT2D eigenvalue weighted by Gasteiger charge is 2.06. The van der Waals surface area contributed by atoms with E-state index in [2.05, 4.69) is 17.5 Å². The van der Waals surface area contributed by atoms with Crippen LogP contribution < -0.4 is 15.8 Å². The molecule has 0 saturated carbocycles. The average Bonchev–Trinajstić information content (AvgIpc) is 2.46. The monoisotopic (exact) mass is 320 g/mol. The highest BCUT2D eigenvalue weighted by Crippen LogP contribution is 2.18. The Morgan fingerprint density at radius 1 is 1.19 bits per heavy atom. The maximum Gasteiger partial charge on any atom is 0.257 e. The van der Waals surface area contributed by atoms with Crippen molar-refractivity contribution in [3.8, 4) is 5.75 Å². The van der Waals surface area contributed by atoms with Gasteiger partial charge in [-0.25, -0.2) is 0 Å². The zero-order chi connectivity index (χ0) is 15.2. The Morgan fingerprint density at radius 2 is 1.86 bits per heavy atom. The Kier molecular flexibility index (Phi) is 5.14. The summed E-state index contributed by atoms with van der Waals surface area (Å²) in [6.07, 6.45) is 0. The molecule has 0 aliphatic carbocycles. The zero-order valence-corrected chi connectivity index (χ0v) is 12.6. The van der Waals surface area contributed by atoms with Crippen LogP contribution in [-0.2, 0) is 6.61 Å². The summed E-state index contributed by atoms with van der Waals surface area (Å²) in [5, 5.41) is 2.96. The van der Waals surface area contributed by atoms with Crippen LogP contribution in [0.1, 0.15) is 15.9 Å². The van der Waals surface area contributed by atoms with Crippen LogP contribution in [0.15, 0.2) is 48.5 Å². The third-order valence-corrected chi connectivity index (χ3v) is 3.18. The van der Waals surface area contributed by atoms with Gasteiger partial charge in [0, 0.05) is 16.1 Å². The second kappa shape index (κ2) is 7.06. The van der Waals surface area contributed by atoms with Gasteiger partial charge >= 0.3 is 0 Å². The Bertz CT molecular complexity index is 659. The molecule has 4 nitrogen and oxygen atoms in total. The maximum absolute atomic E-state index is 11.7. The van der Waals surface area contributed by atoms with Crippen LogP contribution in [0.2, 0.25) is 5.02 Å². The van der Waals surface area contributed by atoms with E-state index in [4.69, 9.17) is 22.1 Å². The molecule has 0 radical (unpaired) electrons. The van der Waals surface area contributed by atoms with Crippen molar-refractivity contribution in [3.63, 3.8) is 0 Å². The van der Waals surface area contributed by atoms with Crippen molar-refractivity contribution in [2.24, 2.45) is 5.73 Å². The third-order valence-electron chi connectivity index (χ3n) is 2.71. The molecule has 2 aromatic rings. The normalized spacial score (nSPS) is 9.95. The molecule has 0 spiro atoms. The van der Waals surface area contributed by atoms with Crippen LogP contribution in [0.3, 0.4) is 0 Å². The topological polar surface area (TPSA) is 64.3 Å². The van der Waals surface area contributed by atoms with E-state index in [0.29, 0.717) is 22.9 Å². The minimum atomic E-state index is -0.347. The Labute approximate surface area is 132 Å². The number of hydrogen-bond donors (Lipinski definition) is 2. The number of ether oxygens (including phenoxy) is 1. The molecule has 0 atom stereocenters. The fourth-order valence-electron chi connectivity index (χ4n) is 1.66. The summed E-state index contributed by atoms with van der Waals surface area (Å²) >= 11 is 10.7. The van der Waals surface area contributed by atoms with Crippen molar-refractivity contribution in [1.82, 2.24) is 5.32 Å². The molecule has 2 aromatic carbocycles. The van der Waals surface area contributed by atoms with E-state index in [1.165, 1.54) is 0 Å². The lowest BCUT2D eigenvalue weighted by molar-refractivity contribution is 0.0977. The van der Waals surface area contributed by atoms with Crippen LogP contribution in [-0.4, -0.2) is 11.0 Å². The van der Waals surface area contributed by atoms with Crippen molar-refractivity contribution in [3.05, 3.63) is 64.7 Å². The molecule has 0 saturated heterocycles. The minimum Gasteiger partial charge on any atom is -0.489 e. The highest BCUT2D eigenvalue weighted by molar-refractivity contribution is 7.80. The molecule has 0 aliphatic rings. The molecule has 0 bridgehead atoms. The Hall–Kier alpha value is -2.11. The van der Waals surface area contributed by atoms with Crippen molar-refractivity contribution in [2.45, 2.75) is 6.61 Å². The van der Waals surface area contributed by atoms with Crippen LogP contribution in [0.5, 0.6) is 5.75 Å². The van der Waals surface area contributed by atoms with Gasteiger partial charge in [-0.3, -0.25) is 10.1 Å². The Balaban J connectivity index is 1.98. The molecule has 1 amide bonds. The lowest BCUT2D eigenvalue weighted by atomic mass is 10.2. The average molecular weight is 321 g/mol. The van der Waals surface area contributed by atoms with E-state index in [1.807, 2.05) is 24.3 Å². The van der Waals surface area contributed by atoms with Crippen LogP contribution in [0.4, 0.5) is 0 Å². The number of nitrogens with two attached hydrogens (primary N) is 1. The van der Waals surface area contributed by atoms with Crippen LogP contribution in [0, 0.1) is 0 Å². The quantitative estimate of drug-likeness (QED) is 0.850. The molecule has 0 heterocycles. The highest BCUT2D eigenvalue weighted by atomic mass is 35.5. The van der Waals surface area contributed by atoms with E-state index < -0.39 is 0 Å². The minimum absolute atomic E-state index is 0.0564. The number of thiocarbonyl (C=S) groups is 1. The van der Waals surface area contributed by atoms with Crippen LogP contribution >= 0.6 is 23.8 Å². The number of hydrogen-bond acceptors (Lipinski definition) is 3. The van der Waals surface area contributed by atoms with Crippen molar-refractivity contribution in [2.75, 3.05) is 0 Å². The summed E-state index contributed by atoms with van der Waals surface area (Å²) in [7, 11) is 0. The predicted molar refractivity (Wildman–Crippen MR) is 86.5 cm³/mol. The Morgan fingerprint density at radius 3 is 2.48 bits per heavy atom. The molecular weight excluding hydrogens is 308 g/mol. The molecule has 0 aliphatic heterocycles. The number of carbonyl (C=O) groups excluding carboxylic acids is 1. The molecule has 0 unspecified atom stereocenters. The number of rotatable bonds is 4. The molecule has 108 valence electrons. The molecule has 6 heteroatoms. The van der Waals surface area contributed by atoms with Crippen molar-refractivity contribution >= 4 is 34.8 Å². The first-order valence-electron chi connectivity index (χ1n) is 6.13. The second-order valence-electron chi connectivity index (χ2n) is 4.22. The smallest absolute Gasteiger partial charge is 0.257 e. The summed E-state index contributed by atoms with van der Waals surface area (Å²) < 4.78 is 5.62. The standard InChI is InChI=1S/C15H13ClN2O2S/c16-13-4-2-1-3-11(13)9-20-12-7-5-10(6-8-12)14(19)18-15(17)21/h1-8H,9H2,(H3,17,18,19,21). The number of nitrogens with one attached hydrogen (secondary N) is 1. The van der Waals surface area contributed by atoms with Gasteiger partial charge in [-0.05, 0) is 42.5 Å². The molecular formula is C15H13ClN2O2S. The van der Waals surface area contributed by atoms with E-state index in [9.17, 15) is 4.79 Å². The fraction of sp³-hybridized carbons (Fsp3) is 0.0667. The largest absolute Gasteiger partial charge is 0.489 e. The number of carbonyl (C=O) groups is 1. The van der Waals surface area contributed by atoms with Gasteiger partial charge in [-0.2, -0.15) is 0 Å². The summed E-state index contributed by atoms with van der Waals surface area (Å²) in [5.41, 5.74) is 6.60. The van der Waals surface area contributed by atoms with E-state index in [0.717, 1.165) is 5.56 Å². The van der Waals surface area contributed by atoms with Gasteiger partial charge in [0.15, 0.2) is 5.11 Å². The maximum atomic E-state index is 11.7. The second-order valence-corrected chi connectivity index (χ2v) is 5.07. The first-order chi connectivity index (χ1) is 10.1. The lowest BCUT2D eigenvalue weighted by Gasteiger charge is -2.08. The first kappa shape index (κ1) is 15.3. The van der Waals surface area contributed by atoms with Crippen molar-refractivity contribution < 1.29 is 9.53 Å². The van der Waals surface area contributed by atoms with Gasteiger partial charge in [0.1, 0.15) is 12.4 Å². The number of halogens is 1. The van der Waals surface area contributed by atoms with Gasteiger partial charge < -0.3 is 10.5 Å². The summed E-state index contributed by atoms with van der Waals surface area (Å²) in [5.74, 6) is 0.293. The first-order valence-corrected chi connectivity index (χ1v) is 6.92. The van der Waals surface area contributed by atoms with E-state index in [-0.39, 0.29) is 11.0 Å². The zero-order valence-electron chi connectivity index (χ0n) is 11.0. The third kappa shape index (κ3) is 4.44. The fourth-order valence-corrected chi connectivity index (χ4v) is 1.95. The van der Waals surface area contributed by atoms with Gasteiger partial charge in [-0.15, -0.1) is 0 Å². The molecule has 0 aromatic heterocycles. The lowest BCUT2D eigenvalue weighted by Crippen LogP contribution is -2.34. The number of benzene rings is 2. The van der Waals surface area contributed by atoms with Gasteiger partial charge in [0.25, 0.3) is 5.91 Å². The molecule has 3 N–H and O–H groups in total. The van der Waals surface area contributed by atoms with Gasteiger partial charge in [0.2, 0.25) is 0 Å². The molecule has 2 rings (SSSR count). The van der Waals surface area contributed by atoms with Crippen LogP contribution in [0.25, 0.3) is 0 Å². The van der Waals surface area contributed by atoms with Gasteiger partial charge in [0.05, 0.1) is 0 Å². The summed E-state index contributed by atoms with van der Waals surface area (Å²) in [6, 6.07) is 14.1. The molecule has 21 heavy (non-hydrogen) atoms. The van der Waals surface area contributed by atoms with E-state index >= 15 is 0 Å².